The third kappa shape index (κ3) is 1.83. The zero-order valence-electron chi connectivity index (χ0n) is 9.82. The van der Waals surface area contributed by atoms with E-state index in [1.807, 2.05) is 52.7 Å². The van der Waals surface area contributed by atoms with Crippen molar-refractivity contribution < 1.29 is 4.79 Å². The Balaban J connectivity index is 1.81. The first-order valence-corrected chi connectivity index (χ1v) is 6.79. The van der Waals surface area contributed by atoms with E-state index in [4.69, 9.17) is 5.73 Å². The summed E-state index contributed by atoms with van der Waals surface area (Å²) in [4.78, 5) is 14.9. The second-order valence-corrected chi connectivity index (χ2v) is 5.42. The number of carbonyl (C=O) groups is 1. The Kier molecular flexibility index (Phi) is 2.89. The Labute approximate surface area is 110 Å². The predicted molar refractivity (Wildman–Crippen MR) is 72.0 cm³/mol. The molecule has 1 saturated heterocycles. The van der Waals surface area contributed by atoms with Gasteiger partial charge in [-0.2, -0.15) is 0 Å². The number of thiophene rings is 1. The Hall–Kier alpha value is -1.65. The van der Waals surface area contributed by atoms with Crippen LogP contribution in [0, 0.1) is 0 Å². The summed E-state index contributed by atoms with van der Waals surface area (Å²) >= 11 is 1.65. The SMILES string of the molecule is N[C@@H]1C(=O)N(Cc2ccccc2)[C@@H]1c1cccs1. The van der Waals surface area contributed by atoms with Gasteiger partial charge in [-0.1, -0.05) is 36.4 Å². The molecule has 0 saturated carbocycles. The molecule has 92 valence electrons. The summed E-state index contributed by atoms with van der Waals surface area (Å²) in [6, 6.07) is 13.7. The Morgan fingerprint density at radius 1 is 1.17 bits per heavy atom. The summed E-state index contributed by atoms with van der Waals surface area (Å²) in [5.74, 6) is 0.0391. The number of rotatable bonds is 3. The molecule has 0 radical (unpaired) electrons. The molecule has 4 heteroatoms. The van der Waals surface area contributed by atoms with E-state index in [2.05, 4.69) is 0 Å². The van der Waals surface area contributed by atoms with Crippen molar-refractivity contribution in [2.45, 2.75) is 18.6 Å². The molecule has 2 N–H and O–H groups in total. The fraction of sp³-hybridized carbons (Fsp3) is 0.214. The second-order valence-electron chi connectivity index (χ2n) is 4.44. The number of hydrogen-bond donors (Lipinski definition) is 1. The molecular formula is C14H14N2OS. The maximum absolute atomic E-state index is 11.9. The van der Waals surface area contributed by atoms with E-state index in [0.29, 0.717) is 6.54 Å². The van der Waals surface area contributed by atoms with Gasteiger partial charge < -0.3 is 10.6 Å². The zero-order chi connectivity index (χ0) is 12.5. The van der Waals surface area contributed by atoms with Crippen molar-refractivity contribution in [3.8, 4) is 0 Å². The molecule has 0 unspecified atom stereocenters. The van der Waals surface area contributed by atoms with Gasteiger partial charge in [0.15, 0.2) is 0 Å². The zero-order valence-corrected chi connectivity index (χ0v) is 10.6. The van der Waals surface area contributed by atoms with Crippen LogP contribution >= 0.6 is 11.3 Å². The number of benzene rings is 1. The van der Waals surface area contributed by atoms with Crippen LogP contribution in [0.25, 0.3) is 0 Å². The largest absolute Gasteiger partial charge is 0.327 e. The molecule has 1 aromatic heterocycles. The van der Waals surface area contributed by atoms with Gasteiger partial charge in [0.05, 0.1) is 6.04 Å². The third-order valence-electron chi connectivity index (χ3n) is 3.27. The molecule has 18 heavy (non-hydrogen) atoms. The molecule has 2 aromatic rings. The normalized spacial score (nSPS) is 22.9. The summed E-state index contributed by atoms with van der Waals surface area (Å²) in [7, 11) is 0. The van der Waals surface area contributed by atoms with E-state index < -0.39 is 0 Å². The van der Waals surface area contributed by atoms with E-state index >= 15 is 0 Å². The highest BCUT2D eigenvalue weighted by Gasteiger charge is 2.45. The Bertz CT molecular complexity index is 538. The second kappa shape index (κ2) is 4.55. The van der Waals surface area contributed by atoms with Crippen LogP contribution < -0.4 is 5.73 Å². The van der Waals surface area contributed by atoms with Crippen molar-refractivity contribution in [1.29, 1.82) is 0 Å². The van der Waals surface area contributed by atoms with Gasteiger partial charge in [0.2, 0.25) is 5.91 Å². The van der Waals surface area contributed by atoms with Gasteiger partial charge in [0.25, 0.3) is 0 Å². The quantitative estimate of drug-likeness (QED) is 0.858. The third-order valence-corrected chi connectivity index (χ3v) is 4.22. The monoisotopic (exact) mass is 258 g/mol. The molecule has 2 heterocycles. The van der Waals surface area contributed by atoms with Crippen molar-refractivity contribution in [3.05, 3.63) is 58.3 Å². The average Bonchev–Trinajstić information content (AvgIpc) is 2.92. The van der Waals surface area contributed by atoms with Crippen molar-refractivity contribution >= 4 is 17.2 Å². The summed E-state index contributed by atoms with van der Waals surface area (Å²) in [5, 5.41) is 2.02. The van der Waals surface area contributed by atoms with Crippen molar-refractivity contribution in [2.24, 2.45) is 5.73 Å². The van der Waals surface area contributed by atoms with Crippen LogP contribution in [0.2, 0.25) is 0 Å². The molecule has 1 fully saturated rings. The number of hydrogen-bond acceptors (Lipinski definition) is 3. The van der Waals surface area contributed by atoms with Crippen molar-refractivity contribution in [3.63, 3.8) is 0 Å². The first kappa shape index (κ1) is 11.4. The van der Waals surface area contributed by atoms with Gasteiger partial charge in [0.1, 0.15) is 6.04 Å². The molecule has 0 aliphatic carbocycles. The number of β-lactam (4-membered cyclic amide) rings is 1. The summed E-state index contributed by atoms with van der Waals surface area (Å²) in [6.45, 7) is 0.635. The first-order valence-electron chi connectivity index (χ1n) is 5.91. The fourth-order valence-corrected chi connectivity index (χ4v) is 3.21. The number of nitrogens with zero attached hydrogens (tertiary/aromatic N) is 1. The van der Waals surface area contributed by atoms with Crippen molar-refractivity contribution in [2.75, 3.05) is 0 Å². The van der Waals surface area contributed by atoms with Crippen molar-refractivity contribution in [1.82, 2.24) is 4.90 Å². The lowest BCUT2D eigenvalue weighted by Gasteiger charge is -2.45. The van der Waals surface area contributed by atoms with Gasteiger partial charge in [-0.05, 0) is 17.0 Å². The minimum atomic E-state index is -0.382. The molecule has 3 rings (SSSR count). The molecular weight excluding hydrogens is 244 g/mol. The molecule has 1 aromatic carbocycles. The maximum atomic E-state index is 11.9. The minimum Gasteiger partial charge on any atom is -0.327 e. The van der Waals surface area contributed by atoms with Gasteiger partial charge in [-0.25, -0.2) is 0 Å². The van der Waals surface area contributed by atoms with E-state index in [1.54, 1.807) is 11.3 Å². The highest BCUT2D eigenvalue weighted by molar-refractivity contribution is 7.10. The Morgan fingerprint density at radius 2 is 1.94 bits per heavy atom. The predicted octanol–water partition coefficient (Wildman–Crippen LogP) is 2.16. The molecule has 0 spiro atoms. The van der Waals surface area contributed by atoms with Crippen LogP contribution in [0.1, 0.15) is 16.5 Å². The highest BCUT2D eigenvalue weighted by Crippen LogP contribution is 2.37. The minimum absolute atomic E-state index is 0.0391. The molecule has 3 nitrogen and oxygen atoms in total. The highest BCUT2D eigenvalue weighted by atomic mass is 32.1. The molecule has 0 bridgehead atoms. The van der Waals surface area contributed by atoms with Crippen LogP contribution in [0.5, 0.6) is 0 Å². The topological polar surface area (TPSA) is 46.3 Å². The lowest BCUT2D eigenvalue weighted by molar-refractivity contribution is -0.150. The van der Waals surface area contributed by atoms with Gasteiger partial charge >= 0.3 is 0 Å². The standard InChI is InChI=1S/C14H14N2OS/c15-12-13(11-7-4-8-18-11)16(14(12)17)9-10-5-2-1-3-6-10/h1-8,12-13H,9,15H2/t12-,13+/m0/s1. The number of likely N-dealkylation sites (tertiary alicyclic amines) is 1. The van der Waals surface area contributed by atoms with Crippen LogP contribution in [-0.2, 0) is 11.3 Å². The van der Waals surface area contributed by atoms with Gasteiger partial charge in [-0.3, -0.25) is 4.79 Å². The Morgan fingerprint density at radius 3 is 2.61 bits per heavy atom. The summed E-state index contributed by atoms with van der Waals surface area (Å²) in [6.07, 6.45) is 0. The lowest BCUT2D eigenvalue weighted by Crippen LogP contribution is -2.62. The van der Waals surface area contributed by atoms with Crippen LogP contribution in [0.4, 0.5) is 0 Å². The molecule has 2 atom stereocenters. The number of carbonyl (C=O) groups excluding carboxylic acids is 1. The van der Waals surface area contributed by atoms with E-state index in [-0.39, 0.29) is 18.0 Å². The fourth-order valence-electron chi connectivity index (χ4n) is 2.32. The van der Waals surface area contributed by atoms with E-state index in [0.717, 1.165) is 10.4 Å². The number of nitrogens with two attached hydrogens (primary N) is 1. The van der Waals surface area contributed by atoms with Gasteiger partial charge in [0, 0.05) is 11.4 Å². The van der Waals surface area contributed by atoms with Gasteiger partial charge in [-0.15, -0.1) is 11.3 Å². The average molecular weight is 258 g/mol. The van der Waals surface area contributed by atoms with E-state index in [9.17, 15) is 4.79 Å². The smallest absolute Gasteiger partial charge is 0.242 e. The van der Waals surface area contributed by atoms with Crippen LogP contribution in [0.3, 0.4) is 0 Å². The molecule has 1 aliphatic heterocycles. The first-order chi connectivity index (χ1) is 8.77. The molecule has 1 aliphatic rings. The van der Waals surface area contributed by atoms with Crippen LogP contribution in [-0.4, -0.2) is 16.8 Å². The maximum Gasteiger partial charge on any atom is 0.242 e. The molecule has 1 amide bonds. The lowest BCUT2D eigenvalue weighted by atomic mass is 9.93. The van der Waals surface area contributed by atoms with Crippen LogP contribution in [0.15, 0.2) is 47.8 Å². The summed E-state index contributed by atoms with van der Waals surface area (Å²) in [5.41, 5.74) is 7.06. The van der Waals surface area contributed by atoms with E-state index in [1.165, 1.54) is 0 Å². The summed E-state index contributed by atoms with van der Waals surface area (Å²) < 4.78 is 0. The number of amides is 1.